The number of aryl methyl sites for hydroxylation is 1. The van der Waals surface area contributed by atoms with Gasteiger partial charge in [0.25, 0.3) is 5.91 Å². The fraction of sp³-hybridized carbons (Fsp3) is 0.435. The molecule has 2 amide bonds. The highest BCUT2D eigenvalue weighted by atomic mass is 16.2. The predicted octanol–water partition coefficient (Wildman–Crippen LogP) is 2.05. The van der Waals surface area contributed by atoms with E-state index in [4.69, 9.17) is 0 Å². The van der Waals surface area contributed by atoms with Crippen LogP contribution in [0.25, 0.3) is 0 Å². The van der Waals surface area contributed by atoms with Gasteiger partial charge in [0.05, 0.1) is 5.41 Å². The quantitative estimate of drug-likeness (QED) is 0.799. The summed E-state index contributed by atoms with van der Waals surface area (Å²) >= 11 is 0. The van der Waals surface area contributed by atoms with Crippen LogP contribution in [0.3, 0.4) is 0 Å². The molecule has 2 fully saturated rings. The van der Waals surface area contributed by atoms with E-state index in [1.165, 1.54) is 5.56 Å². The normalized spacial score (nSPS) is 23.8. The largest absolute Gasteiger partial charge is 0.348 e. The number of likely N-dealkylation sites (tertiary alicyclic amines) is 2. The molecule has 2 aromatic rings. The first-order valence-electron chi connectivity index (χ1n) is 10.1. The minimum Gasteiger partial charge on any atom is -0.348 e. The van der Waals surface area contributed by atoms with E-state index in [2.05, 4.69) is 22.0 Å². The van der Waals surface area contributed by atoms with Gasteiger partial charge in [-0.3, -0.25) is 19.5 Å². The fourth-order valence-electron chi connectivity index (χ4n) is 4.89. The minimum absolute atomic E-state index is 0.0713. The summed E-state index contributed by atoms with van der Waals surface area (Å²) in [5.41, 5.74) is 2.06. The molecule has 1 aromatic heterocycles. The molecule has 0 bridgehead atoms. The van der Waals surface area contributed by atoms with Gasteiger partial charge >= 0.3 is 0 Å². The summed E-state index contributed by atoms with van der Waals surface area (Å²) in [5.74, 6) is 0.179. The molecule has 2 atom stereocenters. The maximum Gasteiger partial charge on any atom is 0.272 e. The molecule has 3 heterocycles. The van der Waals surface area contributed by atoms with Crippen LogP contribution in [0.15, 0.2) is 48.7 Å². The van der Waals surface area contributed by atoms with Crippen LogP contribution in [-0.2, 0) is 11.3 Å². The Morgan fingerprint density at radius 1 is 1.10 bits per heavy atom. The van der Waals surface area contributed by atoms with Crippen LogP contribution in [0, 0.1) is 18.3 Å². The van der Waals surface area contributed by atoms with E-state index >= 15 is 0 Å². The Morgan fingerprint density at radius 2 is 1.86 bits per heavy atom. The van der Waals surface area contributed by atoms with Gasteiger partial charge in [-0.05, 0) is 24.1 Å². The van der Waals surface area contributed by atoms with E-state index in [1.54, 1.807) is 25.2 Å². The maximum atomic E-state index is 13.3. The van der Waals surface area contributed by atoms with Crippen LogP contribution in [0.1, 0.15) is 21.6 Å². The Kier molecular flexibility index (Phi) is 5.13. The molecule has 1 aromatic carbocycles. The molecule has 2 aliphatic heterocycles. The summed E-state index contributed by atoms with van der Waals surface area (Å²) in [7, 11) is 3.61. The molecule has 0 unspecified atom stereocenters. The molecule has 4 rings (SSSR count). The number of hydrogen-bond donors (Lipinski definition) is 0. The number of pyridine rings is 1. The van der Waals surface area contributed by atoms with Crippen LogP contribution in [0.5, 0.6) is 0 Å². The van der Waals surface area contributed by atoms with Crippen LogP contribution in [-0.4, -0.2) is 71.8 Å². The summed E-state index contributed by atoms with van der Waals surface area (Å²) in [5, 5.41) is 0. The van der Waals surface area contributed by atoms with Crippen molar-refractivity contribution in [1.29, 1.82) is 0 Å². The molecule has 2 aliphatic rings. The van der Waals surface area contributed by atoms with E-state index in [9.17, 15) is 9.59 Å². The van der Waals surface area contributed by atoms with Gasteiger partial charge in [-0.2, -0.15) is 0 Å². The molecule has 0 spiro atoms. The number of carbonyl (C=O) groups is 2. The van der Waals surface area contributed by atoms with Gasteiger partial charge in [-0.25, -0.2) is 0 Å². The van der Waals surface area contributed by atoms with Crippen molar-refractivity contribution >= 4 is 11.8 Å². The summed E-state index contributed by atoms with van der Waals surface area (Å²) in [4.78, 5) is 36.6. The Morgan fingerprint density at radius 3 is 2.55 bits per heavy atom. The minimum atomic E-state index is -0.545. The zero-order chi connectivity index (χ0) is 20.6. The molecule has 6 heteroatoms. The number of benzene rings is 1. The second kappa shape index (κ2) is 7.59. The highest BCUT2D eigenvalue weighted by molar-refractivity contribution is 5.95. The van der Waals surface area contributed by atoms with Crippen molar-refractivity contribution in [3.63, 3.8) is 0 Å². The van der Waals surface area contributed by atoms with Crippen molar-refractivity contribution in [3.05, 3.63) is 65.5 Å². The Balaban J connectivity index is 1.57. The smallest absolute Gasteiger partial charge is 0.272 e. The summed E-state index contributed by atoms with van der Waals surface area (Å²) in [6.45, 7) is 5.27. The number of rotatable bonds is 4. The van der Waals surface area contributed by atoms with Gasteiger partial charge in [0.15, 0.2) is 0 Å². The average Bonchev–Trinajstić information content (AvgIpc) is 3.22. The average molecular weight is 393 g/mol. The number of amides is 2. The van der Waals surface area contributed by atoms with Gasteiger partial charge in [0.1, 0.15) is 5.69 Å². The zero-order valence-electron chi connectivity index (χ0n) is 17.3. The Labute approximate surface area is 172 Å². The molecule has 0 saturated carbocycles. The topological polar surface area (TPSA) is 56.8 Å². The van der Waals surface area contributed by atoms with E-state index in [0.717, 1.165) is 18.7 Å². The highest BCUT2D eigenvalue weighted by Gasteiger charge is 2.58. The molecule has 152 valence electrons. The monoisotopic (exact) mass is 392 g/mol. The van der Waals surface area contributed by atoms with Crippen LogP contribution < -0.4 is 0 Å². The molecule has 0 N–H and O–H groups in total. The van der Waals surface area contributed by atoms with Crippen molar-refractivity contribution < 1.29 is 9.59 Å². The van der Waals surface area contributed by atoms with Crippen LogP contribution in [0.4, 0.5) is 0 Å². The van der Waals surface area contributed by atoms with Gasteiger partial charge in [0, 0.05) is 58.9 Å². The standard InChI is InChI=1S/C23H28N4O2/c1-17-8-7-11-24-20(17)21(28)27-14-19-13-26(12-18-9-5-4-6-10-18)15-23(19,16-27)22(29)25(2)3/h4-11,19H,12-16H2,1-3H3/t19-,23-/m0/s1. The van der Waals surface area contributed by atoms with Crippen LogP contribution in [0.2, 0.25) is 0 Å². The molecule has 0 aliphatic carbocycles. The van der Waals surface area contributed by atoms with Crippen molar-refractivity contribution in [1.82, 2.24) is 19.7 Å². The lowest BCUT2D eigenvalue weighted by atomic mass is 9.80. The van der Waals surface area contributed by atoms with Gasteiger partial charge < -0.3 is 9.80 Å². The number of nitrogens with zero attached hydrogens (tertiary/aromatic N) is 4. The van der Waals surface area contributed by atoms with Gasteiger partial charge in [-0.15, -0.1) is 0 Å². The van der Waals surface area contributed by atoms with Crippen LogP contribution >= 0.6 is 0 Å². The summed E-state index contributed by atoms with van der Waals surface area (Å²) in [6.07, 6.45) is 1.65. The van der Waals surface area contributed by atoms with Gasteiger partial charge in [-0.1, -0.05) is 36.4 Å². The SMILES string of the molecule is Cc1cccnc1C(=O)N1C[C@@H]2CN(Cc3ccccc3)C[C@]2(C(=O)N(C)C)C1. The third kappa shape index (κ3) is 3.53. The molecule has 2 saturated heterocycles. The van der Waals surface area contributed by atoms with Crippen molar-refractivity contribution in [2.45, 2.75) is 13.5 Å². The number of aromatic nitrogens is 1. The van der Waals surface area contributed by atoms with Gasteiger partial charge in [0.2, 0.25) is 5.91 Å². The third-order valence-corrected chi connectivity index (χ3v) is 6.26. The lowest BCUT2D eigenvalue weighted by molar-refractivity contribution is -0.139. The van der Waals surface area contributed by atoms with E-state index in [-0.39, 0.29) is 17.7 Å². The number of carbonyl (C=O) groups excluding carboxylic acids is 2. The first kappa shape index (κ1) is 19.6. The van der Waals surface area contributed by atoms with E-state index in [0.29, 0.717) is 25.3 Å². The number of fused-ring (bicyclic) bond motifs is 1. The Hall–Kier alpha value is -2.73. The zero-order valence-corrected chi connectivity index (χ0v) is 17.3. The molecule has 6 nitrogen and oxygen atoms in total. The highest BCUT2D eigenvalue weighted by Crippen LogP contribution is 2.44. The fourth-order valence-corrected chi connectivity index (χ4v) is 4.89. The molecule has 0 radical (unpaired) electrons. The second-order valence-electron chi connectivity index (χ2n) is 8.56. The van der Waals surface area contributed by atoms with E-state index in [1.807, 2.05) is 42.2 Å². The van der Waals surface area contributed by atoms with Crippen molar-refractivity contribution in [2.24, 2.45) is 11.3 Å². The van der Waals surface area contributed by atoms with Crippen molar-refractivity contribution in [2.75, 3.05) is 40.3 Å². The lowest BCUT2D eigenvalue weighted by Crippen LogP contribution is -2.47. The van der Waals surface area contributed by atoms with E-state index < -0.39 is 5.41 Å². The summed E-state index contributed by atoms with van der Waals surface area (Å²) < 4.78 is 0. The molecule has 29 heavy (non-hydrogen) atoms. The third-order valence-electron chi connectivity index (χ3n) is 6.26. The maximum absolute atomic E-state index is 13.3. The Bertz CT molecular complexity index is 914. The first-order valence-corrected chi connectivity index (χ1v) is 10.1. The lowest BCUT2D eigenvalue weighted by Gasteiger charge is -2.31. The second-order valence-corrected chi connectivity index (χ2v) is 8.56. The molecular weight excluding hydrogens is 364 g/mol. The number of hydrogen-bond acceptors (Lipinski definition) is 4. The first-order chi connectivity index (χ1) is 13.9. The predicted molar refractivity (Wildman–Crippen MR) is 111 cm³/mol. The summed E-state index contributed by atoms with van der Waals surface area (Å²) in [6, 6.07) is 14.1. The molecular formula is C23H28N4O2. The van der Waals surface area contributed by atoms with Crippen molar-refractivity contribution in [3.8, 4) is 0 Å².